The fourth-order valence-electron chi connectivity index (χ4n) is 6.11. The van der Waals surface area contributed by atoms with Crippen molar-refractivity contribution in [2.75, 3.05) is 16.8 Å². The van der Waals surface area contributed by atoms with Gasteiger partial charge in [-0.1, -0.05) is 17.7 Å². The van der Waals surface area contributed by atoms with E-state index in [-0.39, 0.29) is 35.8 Å². The van der Waals surface area contributed by atoms with E-state index in [0.29, 0.717) is 21.8 Å². The van der Waals surface area contributed by atoms with E-state index < -0.39 is 47.1 Å². The van der Waals surface area contributed by atoms with Crippen molar-refractivity contribution >= 4 is 46.7 Å². The molecular formula is C29H24ClN3O7. The van der Waals surface area contributed by atoms with Crippen LogP contribution in [0.3, 0.4) is 0 Å². The Bertz CT molecular complexity index is 1590. The Morgan fingerprint density at radius 2 is 1.75 bits per heavy atom. The molecule has 3 aromatic rings. The fraction of sp³-hybridized carbons (Fsp3) is 0.241. The summed E-state index contributed by atoms with van der Waals surface area (Å²) < 4.78 is 5.02. The molecule has 10 nitrogen and oxygen atoms in total. The SMILES string of the molecule is CCOC(=O)c1ccc(N2C(=O)C3C(Cc4ccc(O)c(O)c4)NC4(C(=O)Nc5ccc(Cl)cc54)C3C2=O)cc1. The van der Waals surface area contributed by atoms with Crippen LogP contribution < -0.4 is 15.5 Å². The first kappa shape index (κ1) is 25.8. The van der Waals surface area contributed by atoms with Crippen LogP contribution in [0.2, 0.25) is 5.02 Å². The maximum atomic E-state index is 14.1. The number of nitrogens with zero attached hydrogens (tertiary/aromatic N) is 1. The van der Waals surface area contributed by atoms with Crippen molar-refractivity contribution in [1.29, 1.82) is 0 Å². The maximum absolute atomic E-state index is 14.1. The van der Waals surface area contributed by atoms with Gasteiger partial charge in [0, 0.05) is 22.3 Å². The van der Waals surface area contributed by atoms with Gasteiger partial charge >= 0.3 is 5.97 Å². The number of nitrogens with one attached hydrogen (secondary N) is 2. The summed E-state index contributed by atoms with van der Waals surface area (Å²) in [5, 5.41) is 26.3. The summed E-state index contributed by atoms with van der Waals surface area (Å²) in [6, 6.07) is 14.5. The second-order valence-electron chi connectivity index (χ2n) is 10.0. The molecule has 4 atom stereocenters. The van der Waals surface area contributed by atoms with Crippen LogP contribution >= 0.6 is 11.6 Å². The number of carbonyl (C=O) groups is 4. The number of rotatable bonds is 5. The van der Waals surface area contributed by atoms with Crippen molar-refractivity contribution in [3.05, 3.63) is 82.4 Å². The molecule has 0 radical (unpaired) electrons. The van der Waals surface area contributed by atoms with Crippen LogP contribution in [-0.2, 0) is 31.1 Å². The summed E-state index contributed by atoms with van der Waals surface area (Å²) in [5.74, 6) is -4.72. The van der Waals surface area contributed by atoms with Gasteiger partial charge in [0.15, 0.2) is 11.5 Å². The van der Waals surface area contributed by atoms with Crippen molar-refractivity contribution in [2.45, 2.75) is 24.9 Å². The molecule has 2 fully saturated rings. The molecule has 3 amide bonds. The van der Waals surface area contributed by atoms with Gasteiger partial charge in [0.2, 0.25) is 17.7 Å². The van der Waals surface area contributed by atoms with Crippen LogP contribution in [-0.4, -0.2) is 46.6 Å². The Kier molecular flexibility index (Phi) is 6.04. The second-order valence-corrected chi connectivity index (χ2v) is 10.4. The first-order valence-corrected chi connectivity index (χ1v) is 13.1. The normalized spacial score (nSPS) is 24.8. The van der Waals surface area contributed by atoms with E-state index in [1.165, 1.54) is 36.4 Å². The largest absolute Gasteiger partial charge is 0.504 e. The molecule has 204 valence electrons. The minimum Gasteiger partial charge on any atom is -0.504 e. The van der Waals surface area contributed by atoms with Gasteiger partial charge in [-0.05, 0) is 73.5 Å². The molecule has 1 spiro atoms. The predicted octanol–water partition coefficient (Wildman–Crippen LogP) is 3.10. The first-order valence-electron chi connectivity index (χ1n) is 12.7. The third kappa shape index (κ3) is 3.75. The average molecular weight is 562 g/mol. The molecule has 0 aliphatic carbocycles. The number of carbonyl (C=O) groups excluding carboxylic acids is 4. The van der Waals surface area contributed by atoms with Gasteiger partial charge in [-0.2, -0.15) is 0 Å². The monoisotopic (exact) mass is 561 g/mol. The quantitative estimate of drug-likeness (QED) is 0.211. The highest BCUT2D eigenvalue weighted by molar-refractivity contribution is 6.31. The van der Waals surface area contributed by atoms with E-state index in [4.69, 9.17) is 16.3 Å². The zero-order chi connectivity index (χ0) is 28.3. The molecule has 40 heavy (non-hydrogen) atoms. The molecule has 3 aromatic carbocycles. The van der Waals surface area contributed by atoms with Gasteiger partial charge in [0.1, 0.15) is 5.54 Å². The van der Waals surface area contributed by atoms with Gasteiger partial charge in [0.05, 0.1) is 29.7 Å². The number of phenolic OH excluding ortho intramolecular Hbond substituents is 2. The van der Waals surface area contributed by atoms with Gasteiger partial charge < -0.3 is 20.3 Å². The highest BCUT2D eigenvalue weighted by atomic mass is 35.5. The molecule has 0 saturated carbocycles. The first-order chi connectivity index (χ1) is 19.1. The zero-order valence-electron chi connectivity index (χ0n) is 21.2. The van der Waals surface area contributed by atoms with E-state index in [1.807, 2.05) is 0 Å². The Hall–Kier alpha value is -4.41. The van der Waals surface area contributed by atoms with Crippen molar-refractivity contribution in [2.24, 2.45) is 11.8 Å². The lowest BCUT2D eigenvalue weighted by atomic mass is 9.76. The minimum absolute atomic E-state index is 0.175. The van der Waals surface area contributed by atoms with Gasteiger partial charge in [0.25, 0.3) is 0 Å². The Morgan fingerprint density at radius 1 is 1.00 bits per heavy atom. The summed E-state index contributed by atoms with van der Waals surface area (Å²) in [6.07, 6.45) is 0.175. The number of esters is 1. The van der Waals surface area contributed by atoms with Crippen LogP contribution in [0.4, 0.5) is 11.4 Å². The number of hydrogen-bond acceptors (Lipinski definition) is 8. The molecule has 6 rings (SSSR count). The Morgan fingerprint density at radius 3 is 2.45 bits per heavy atom. The van der Waals surface area contributed by atoms with Crippen molar-refractivity contribution in [3.63, 3.8) is 0 Å². The van der Waals surface area contributed by atoms with Gasteiger partial charge in [-0.15, -0.1) is 0 Å². The van der Waals surface area contributed by atoms with E-state index >= 15 is 0 Å². The van der Waals surface area contributed by atoms with Crippen molar-refractivity contribution < 1.29 is 34.1 Å². The lowest BCUT2D eigenvalue weighted by Crippen LogP contribution is -2.53. The van der Waals surface area contributed by atoms with Crippen LogP contribution in [0.25, 0.3) is 0 Å². The van der Waals surface area contributed by atoms with Gasteiger partial charge in [-0.3, -0.25) is 19.7 Å². The summed E-state index contributed by atoms with van der Waals surface area (Å²) >= 11 is 6.31. The van der Waals surface area contributed by atoms with Crippen molar-refractivity contribution in [1.82, 2.24) is 5.32 Å². The number of benzene rings is 3. The molecule has 4 N–H and O–H groups in total. The minimum atomic E-state index is -1.57. The molecular weight excluding hydrogens is 538 g/mol. The maximum Gasteiger partial charge on any atom is 0.338 e. The zero-order valence-corrected chi connectivity index (χ0v) is 21.9. The number of amides is 3. The topological polar surface area (TPSA) is 145 Å². The summed E-state index contributed by atoms with van der Waals surface area (Å²) in [6.45, 7) is 1.90. The number of aromatic hydroxyl groups is 2. The average Bonchev–Trinajstić information content (AvgIpc) is 3.50. The molecule has 4 unspecified atom stereocenters. The highest BCUT2D eigenvalue weighted by Crippen LogP contribution is 2.54. The van der Waals surface area contributed by atoms with E-state index in [2.05, 4.69) is 10.6 Å². The Balaban J connectivity index is 1.44. The third-order valence-electron chi connectivity index (χ3n) is 7.81. The second kappa shape index (κ2) is 9.35. The standard InChI is InChI=1S/C29H24ClN3O7/c1-2-40-27(38)15-4-7-17(8-5-15)33-25(36)23-20(11-14-3-10-21(34)22(35)12-14)32-29(24(23)26(33)37)18-13-16(30)6-9-19(18)31-28(29)39/h3-10,12-13,20,23-24,32,34-35H,2,11H2,1H3,(H,31,39). The number of anilines is 2. The number of phenols is 2. The molecule has 3 aliphatic rings. The fourth-order valence-corrected chi connectivity index (χ4v) is 6.29. The van der Waals surface area contributed by atoms with Crippen LogP contribution in [0.1, 0.15) is 28.4 Å². The summed E-state index contributed by atoms with van der Waals surface area (Å²) in [4.78, 5) is 54.9. The number of halogens is 1. The lowest BCUT2D eigenvalue weighted by molar-refractivity contribution is -0.130. The van der Waals surface area contributed by atoms with Crippen LogP contribution in [0.15, 0.2) is 60.7 Å². The number of ether oxygens (including phenoxy) is 1. The molecule has 2 saturated heterocycles. The highest BCUT2D eigenvalue weighted by Gasteiger charge is 2.70. The number of imide groups is 1. The molecule has 3 heterocycles. The third-order valence-corrected chi connectivity index (χ3v) is 8.04. The lowest BCUT2D eigenvalue weighted by Gasteiger charge is -2.29. The molecule has 0 bridgehead atoms. The smallest absolute Gasteiger partial charge is 0.338 e. The Labute approximate surface area is 233 Å². The number of fused-ring (bicyclic) bond motifs is 4. The molecule has 0 aromatic heterocycles. The van der Waals surface area contributed by atoms with E-state index in [1.54, 1.807) is 31.2 Å². The predicted molar refractivity (Wildman–Crippen MR) is 144 cm³/mol. The molecule has 3 aliphatic heterocycles. The van der Waals surface area contributed by atoms with Crippen molar-refractivity contribution in [3.8, 4) is 11.5 Å². The van der Waals surface area contributed by atoms with E-state index in [9.17, 15) is 29.4 Å². The van der Waals surface area contributed by atoms with Crippen LogP contribution in [0, 0.1) is 11.8 Å². The van der Waals surface area contributed by atoms with Crippen LogP contribution in [0.5, 0.6) is 11.5 Å². The molecule has 11 heteroatoms. The number of hydrogen-bond donors (Lipinski definition) is 4. The van der Waals surface area contributed by atoms with Gasteiger partial charge in [-0.25, -0.2) is 9.69 Å². The van der Waals surface area contributed by atoms with E-state index in [0.717, 1.165) is 4.90 Å². The summed E-state index contributed by atoms with van der Waals surface area (Å²) in [7, 11) is 0. The summed E-state index contributed by atoms with van der Waals surface area (Å²) in [5.41, 5.74) is 0.509.